The van der Waals surface area contributed by atoms with Gasteiger partial charge in [-0.1, -0.05) is 31.2 Å². The molecule has 128 valence electrons. The molecule has 0 spiro atoms. The molecule has 1 saturated heterocycles. The average Bonchev–Trinajstić information content (AvgIpc) is 2.52. The first kappa shape index (κ1) is 19.8. The van der Waals surface area contributed by atoms with Crippen molar-refractivity contribution in [1.82, 2.24) is 5.32 Å². The van der Waals surface area contributed by atoms with Gasteiger partial charge in [-0.2, -0.15) is 0 Å². The Labute approximate surface area is 157 Å². The van der Waals surface area contributed by atoms with Crippen molar-refractivity contribution in [3.8, 4) is 0 Å². The van der Waals surface area contributed by atoms with Gasteiger partial charge in [0.2, 0.25) is 0 Å². The van der Waals surface area contributed by atoms with Gasteiger partial charge in [-0.25, -0.2) is 4.99 Å². The van der Waals surface area contributed by atoms with Gasteiger partial charge in [-0.3, -0.25) is 0 Å². The highest BCUT2D eigenvalue weighted by molar-refractivity contribution is 14.0. The normalized spacial score (nSPS) is 15.9. The zero-order valence-electron chi connectivity index (χ0n) is 14.2. The van der Waals surface area contributed by atoms with E-state index in [1.165, 1.54) is 24.1 Å². The molecule has 0 unspecified atom stereocenters. The topological polar surface area (TPSA) is 53.6 Å². The van der Waals surface area contributed by atoms with Crippen LogP contribution in [0, 0.1) is 5.92 Å². The van der Waals surface area contributed by atoms with E-state index in [0.29, 0.717) is 19.0 Å². The molecule has 1 aliphatic heterocycles. The maximum absolute atomic E-state index is 5.82. The van der Waals surface area contributed by atoms with Crippen LogP contribution in [0.3, 0.4) is 0 Å². The largest absolute Gasteiger partial charge is 0.372 e. The summed E-state index contributed by atoms with van der Waals surface area (Å²) in [6.07, 6.45) is 2.58. The van der Waals surface area contributed by atoms with Gasteiger partial charge in [0.05, 0.1) is 6.54 Å². The summed E-state index contributed by atoms with van der Waals surface area (Å²) in [5.74, 6) is 1.33. The van der Waals surface area contributed by atoms with E-state index in [9.17, 15) is 0 Å². The molecule has 0 atom stereocenters. The number of benzene rings is 1. The second-order valence-corrected chi connectivity index (χ2v) is 6.35. The first-order valence-electron chi connectivity index (χ1n) is 8.06. The molecule has 3 N–H and O–H groups in total. The van der Waals surface area contributed by atoms with Gasteiger partial charge in [-0.15, -0.1) is 24.0 Å². The van der Waals surface area contributed by atoms with E-state index in [1.807, 2.05) is 6.92 Å². The van der Waals surface area contributed by atoms with Crippen molar-refractivity contribution in [1.29, 1.82) is 0 Å². The number of halogens is 1. The van der Waals surface area contributed by atoms with Crippen LogP contribution in [0.15, 0.2) is 41.4 Å². The minimum Gasteiger partial charge on any atom is -0.372 e. The number of anilines is 1. The lowest BCUT2D eigenvalue weighted by Gasteiger charge is -2.32. The summed E-state index contributed by atoms with van der Waals surface area (Å²) >= 11 is 0. The van der Waals surface area contributed by atoms with Gasteiger partial charge < -0.3 is 16.0 Å². The van der Waals surface area contributed by atoms with Crippen molar-refractivity contribution < 1.29 is 0 Å². The highest BCUT2D eigenvalue weighted by Gasteiger charge is 2.15. The van der Waals surface area contributed by atoms with Crippen LogP contribution >= 0.6 is 24.0 Å². The molecular weight excluding hydrogens is 399 g/mol. The van der Waals surface area contributed by atoms with E-state index in [0.717, 1.165) is 24.6 Å². The predicted molar refractivity (Wildman–Crippen MR) is 111 cm³/mol. The van der Waals surface area contributed by atoms with Crippen molar-refractivity contribution >= 4 is 35.6 Å². The Balaban J connectivity index is 0.00000264. The smallest absolute Gasteiger partial charge is 0.189 e. The highest BCUT2D eigenvalue weighted by atomic mass is 127. The molecule has 1 fully saturated rings. The van der Waals surface area contributed by atoms with Crippen LogP contribution < -0.4 is 16.0 Å². The first-order chi connectivity index (χ1) is 10.5. The van der Waals surface area contributed by atoms with Gasteiger partial charge in [0.25, 0.3) is 0 Å². The third-order valence-corrected chi connectivity index (χ3v) is 4.09. The first-order valence-corrected chi connectivity index (χ1v) is 8.06. The monoisotopic (exact) mass is 428 g/mol. The fraction of sp³-hybridized carbons (Fsp3) is 0.500. The van der Waals surface area contributed by atoms with Crippen molar-refractivity contribution in [2.75, 3.05) is 24.5 Å². The standard InChI is InChI=1S/C18H28N4.HI/c1-14(2)12-20-18(19)21-13-16-4-6-17(7-5-16)22-10-8-15(3)9-11-22;/h4-7,15H,1,8-13H2,2-3H3,(H3,19,20,21);1H. The van der Waals surface area contributed by atoms with Crippen molar-refractivity contribution in [3.63, 3.8) is 0 Å². The Kier molecular flexibility index (Phi) is 8.44. The lowest BCUT2D eigenvalue weighted by atomic mass is 9.99. The van der Waals surface area contributed by atoms with Crippen LogP contribution in [0.4, 0.5) is 5.69 Å². The number of rotatable bonds is 5. The van der Waals surface area contributed by atoms with Crippen LogP contribution in [0.25, 0.3) is 0 Å². The van der Waals surface area contributed by atoms with E-state index < -0.39 is 0 Å². The molecule has 1 heterocycles. The lowest BCUT2D eigenvalue weighted by molar-refractivity contribution is 0.438. The third-order valence-electron chi connectivity index (χ3n) is 4.09. The zero-order valence-corrected chi connectivity index (χ0v) is 16.5. The Morgan fingerprint density at radius 1 is 1.30 bits per heavy atom. The molecule has 0 aliphatic carbocycles. The minimum atomic E-state index is 0. The van der Waals surface area contributed by atoms with Gasteiger partial charge in [-0.05, 0) is 43.4 Å². The number of nitrogens with one attached hydrogen (secondary N) is 1. The number of piperidine rings is 1. The van der Waals surface area contributed by atoms with Crippen LogP contribution in [0.5, 0.6) is 0 Å². The molecule has 2 rings (SSSR count). The molecule has 5 heteroatoms. The maximum Gasteiger partial charge on any atom is 0.189 e. The maximum atomic E-state index is 5.82. The Morgan fingerprint density at radius 3 is 2.48 bits per heavy atom. The Hall–Kier alpha value is -1.24. The van der Waals surface area contributed by atoms with Crippen molar-refractivity contribution in [3.05, 3.63) is 42.0 Å². The molecule has 1 aromatic carbocycles. The Morgan fingerprint density at radius 2 is 1.91 bits per heavy atom. The molecule has 0 bridgehead atoms. The van der Waals surface area contributed by atoms with Crippen molar-refractivity contribution in [2.24, 2.45) is 16.6 Å². The van der Waals surface area contributed by atoms with Crippen LogP contribution in [-0.4, -0.2) is 25.6 Å². The summed E-state index contributed by atoms with van der Waals surface area (Å²) in [5.41, 5.74) is 9.35. The summed E-state index contributed by atoms with van der Waals surface area (Å²) in [6, 6.07) is 8.67. The van der Waals surface area contributed by atoms with Gasteiger partial charge in [0, 0.05) is 25.3 Å². The molecule has 0 aromatic heterocycles. The van der Waals surface area contributed by atoms with Gasteiger partial charge in [0.15, 0.2) is 5.96 Å². The molecule has 0 amide bonds. The second kappa shape index (κ2) is 9.80. The number of nitrogens with two attached hydrogens (primary N) is 1. The van der Waals surface area contributed by atoms with E-state index >= 15 is 0 Å². The number of aliphatic imine (C=N–C) groups is 1. The van der Waals surface area contributed by atoms with E-state index in [-0.39, 0.29) is 24.0 Å². The van der Waals surface area contributed by atoms with E-state index in [4.69, 9.17) is 5.73 Å². The number of hydrogen-bond donors (Lipinski definition) is 2. The SMILES string of the molecule is C=C(C)CNC(N)=NCc1ccc(N2CCC(C)CC2)cc1.I. The van der Waals surface area contributed by atoms with Crippen LogP contribution in [0.2, 0.25) is 0 Å². The molecular formula is C18H29IN4. The zero-order chi connectivity index (χ0) is 15.9. The fourth-order valence-corrected chi connectivity index (χ4v) is 2.55. The average molecular weight is 428 g/mol. The summed E-state index contributed by atoms with van der Waals surface area (Å²) < 4.78 is 0. The quantitative estimate of drug-likeness (QED) is 0.327. The van der Waals surface area contributed by atoms with Crippen LogP contribution in [-0.2, 0) is 6.54 Å². The fourth-order valence-electron chi connectivity index (χ4n) is 2.55. The van der Waals surface area contributed by atoms with Crippen molar-refractivity contribution in [2.45, 2.75) is 33.2 Å². The minimum absolute atomic E-state index is 0. The van der Waals surface area contributed by atoms with Gasteiger partial charge in [0.1, 0.15) is 0 Å². The third kappa shape index (κ3) is 6.81. The number of hydrogen-bond acceptors (Lipinski definition) is 2. The Bertz CT molecular complexity index is 516. The van der Waals surface area contributed by atoms with E-state index in [1.54, 1.807) is 0 Å². The highest BCUT2D eigenvalue weighted by Crippen LogP contribution is 2.23. The molecule has 23 heavy (non-hydrogen) atoms. The van der Waals surface area contributed by atoms with Crippen LogP contribution in [0.1, 0.15) is 32.3 Å². The summed E-state index contributed by atoms with van der Waals surface area (Å²) in [7, 11) is 0. The summed E-state index contributed by atoms with van der Waals surface area (Å²) in [5, 5.41) is 3.04. The second-order valence-electron chi connectivity index (χ2n) is 6.35. The summed E-state index contributed by atoms with van der Waals surface area (Å²) in [4.78, 5) is 6.82. The summed E-state index contributed by atoms with van der Waals surface area (Å²) in [6.45, 7) is 11.7. The molecule has 4 nitrogen and oxygen atoms in total. The molecule has 0 radical (unpaired) electrons. The lowest BCUT2D eigenvalue weighted by Crippen LogP contribution is -2.32. The van der Waals surface area contributed by atoms with E-state index in [2.05, 4.69) is 53.0 Å². The number of guanidine groups is 1. The molecule has 1 aliphatic rings. The molecule has 0 saturated carbocycles. The number of nitrogens with zero attached hydrogens (tertiary/aromatic N) is 2. The molecule has 1 aromatic rings. The van der Waals surface area contributed by atoms with Gasteiger partial charge >= 0.3 is 0 Å². The predicted octanol–water partition coefficient (Wildman–Crippen LogP) is 3.52.